The van der Waals surface area contributed by atoms with Crippen LogP contribution in [0.5, 0.6) is 0 Å². The molecule has 0 unspecified atom stereocenters. The normalized spacial score (nSPS) is 15.5. The highest BCUT2D eigenvalue weighted by Crippen LogP contribution is 2.18. The predicted molar refractivity (Wildman–Crippen MR) is 52.9 cm³/mol. The van der Waals surface area contributed by atoms with Gasteiger partial charge >= 0.3 is 0 Å². The molecule has 12 heavy (non-hydrogen) atoms. The average molecular weight is 178 g/mol. The zero-order valence-electron chi connectivity index (χ0n) is 6.68. The highest BCUT2D eigenvalue weighted by atomic mass is 32.2. The molecule has 1 aromatic carbocycles. The number of hydrogen-bond acceptors (Lipinski definition) is 3. The minimum atomic E-state index is 0.905. The first-order valence-corrected chi connectivity index (χ1v) is 4.86. The van der Waals surface area contributed by atoms with E-state index in [1.807, 2.05) is 16.7 Å². The molecule has 0 amide bonds. The largest absolute Gasteiger partial charge is 0.235 e. The molecule has 1 aliphatic rings. The molecule has 0 bridgehead atoms. The van der Waals surface area contributed by atoms with E-state index in [1.54, 1.807) is 11.9 Å². The monoisotopic (exact) mass is 178 g/mol. The van der Waals surface area contributed by atoms with Crippen LogP contribution in [0.15, 0.2) is 35.4 Å². The summed E-state index contributed by atoms with van der Waals surface area (Å²) < 4.78 is 2.01. The minimum absolute atomic E-state index is 0.905. The summed E-state index contributed by atoms with van der Waals surface area (Å²) in [4.78, 5) is 0. The van der Waals surface area contributed by atoms with Crippen LogP contribution in [-0.2, 0) is 6.54 Å². The van der Waals surface area contributed by atoms with Crippen molar-refractivity contribution in [3.63, 3.8) is 0 Å². The van der Waals surface area contributed by atoms with Crippen molar-refractivity contribution in [2.45, 2.75) is 6.54 Å². The number of benzene rings is 1. The third-order valence-corrected chi connectivity index (χ3v) is 2.49. The van der Waals surface area contributed by atoms with Gasteiger partial charge in [-0.05, 0) is 17.5 Å². The summed E-state index contributed by atoms with van der Waals surface area (Å²) in [6, 6.07) is 10.4. The van der Waals surface area contributed by atoms with Crippen LogP contribution in [0.3, 0.4) is 0 Å². The Hall–Kier alpha value is -0.960. The van der Waals surface area contributed by atoms with Crippen LogP contribution in [0.2, 0.25) is 0 Å². The van der Waals surface area contributed by atoms with Crippen LogP contribution >= 0.6 is 11.9 Å². The van der Waals surface area contributed by atoms with E-state index >= 15 is 0 Å². The van der Waals surface area contributed by atoms with Crippen LogP contribution in [0.1, 0.15) is 5.56 Å². The summed E-state index contributed by atoms with van der Waals surface area (Å²) in [6.07, 6.45) is 1.94. The highest BCUT2D eigenvalue weighted by Gasteiger charge is 2.06. The summed E-state index contributed by atoms with van der Waals surface area (Å²) in [5.41, 5.74) is 1.31. The van der Waals surface area contributed by atoms with Crippen molar-refractivity contribution in [1.82, 2.24) is 4.41 Å². The Morgan fingerprint density at radius 1 is 1.33 bits per heavy atom. The molecule has 0 N–H and O–H groups in total. The maximum atomic E-state index is 4.20. The fourth-order valence-electron chi connectivity index (χ4n) is 1.10. The van der Waals surface area contributed by atoms with E-state index in [2.05, 4.69) is 29.4 Å². The van der Waals surface area contributed by atoms with Crippen LogP contribution < -0.4 is 0 Å². The SMILES string of the molecule is C1=NN(Cc2ccccc2)SC1. The molecule has 0 fully saturated rings. The average Bonchev–Trinajstić information content (AvgIpc) is 2.59. The van der Waals surface area contributed by atoms with Crippen LogP contribution in [0, 0.1) is 0 Å². The summed E-state index contributed by atoms with van der Waals surface area (Å²) >= 11 is 1.75. The van der Waals surface area contributed by atoms with Gasteiger partial charge in [0.2, 0.25) is 0 Å². The summed E-state index contributed by atoms with van der Waals surface area (Å²) in [6.45, 7) is 0.905. The van der Waals surface area contributed by atoms with Crippen molar-refractivity contribution in [3.05, 3.63) is 35.9 Å². The summed E-state index contributed by atoms with van der Waals surface area (Å²) in [5, 5.41) is 4.20. The molecule has 0 aromatic heterocycles. The Balaban J connectivity index is 1.99. The van der Waals surface area contributed by atoms with Gasteiger partial charge in [0, 0.05) is 6.21 Å². The topological polar surface area (TPSA) is 15.6 Å². The molecule has 1 heterocycles. The maximum absolute atomic E-state index is 4.20. The van der Waals surface area contributed by atoms with Crippen molar-refractivity contribution in [2.24, 2.45) is 5.10 Å². The molecular formula is C9H10N2S. The van der Waals surface area contributed by atoms with E-state index < -0.39 is 0 Å². The lowest BCUT2D eigenvalue weighted by Gasteiger charge is -2.11. The van der Waals surface area contributed by atoms with Gasteiger partial charge in [0.25, 0.3) is 0 Å². The maximum Gasteiger partial charge on any atom is 0.0732 e. The molecular weight excluding hydrogens is 168 g/mol. The van der Waals surface area contributed by atoms with Gasteiger partial charge in [-0.2, -0.15) is 5.10 Å². The highest BCUT2D eigenvalue weighted by molar-refractivity contribution is 7.97. The van der Waals surface area contributed by atoms with Gasteiger partial charge in [-0.1, -0.05) is 30.3 Å². The van der Waals surface area contributed by atoms with Crippen LogP contribution in [-0.4, -0.2) is 16.4 Å². The van der Waals surface area contributed by atoms with Gasteiger partial charge in [-0.25, -0.2) is 4.41 Å². The summed E-state index contributed by atoms with van der Waals surface area (Å²) in [5.74, 6) is 1.01. The third kappa shape index (κ3) is 1.80. The Morgan fingerprint density at radius 3 is 2.83 bits per heavy atom. The molecule has 3 heteroatoms. The smallest absolute Gasteiger partial charge is 0.0732 e. The van der Waals surface area contributed by atoms with Gasteiger partial charge in [0.1, 0.15) is 0 Å². The number of nitrogens with zero attached hydrogens (tertiary/aromatic N) is 2. The second kappa shape index (κ2) is 3.63. The fraction of sp³-hybridized carbons (Fsp3) is 0.222. The van der Waals surface area contributed by atoms with Gasteiger partial charge in [0.15, 0.2) is 0 Å². The number of hydrogen-bond donors (Lipinski definition) is 0. The van der Waals surface area contributed by atoms with E-state index in [4.69, 9.17) is 0 Å². The van der Waals surface area contributed by atoms with E-state index in [1.165, 1.54) is 5.56 Å². The second-order valence-electron chi connectivity index (χ2n) is 2.59. The molecule has 2 nitrogen and oxygen atoms in total. The minimum Gasteiger partial charge on any atom is -0.235 e. The second-order valence-corrected chi connectivity index (χ2v) is 3.60. The standard InChI is InChI=1S/C9H10N2S/c1-2-4-9(5-3-1)8-11-10-6-7-12-11/h1-6H,7-8H2. The molecule has 0 aliphatic carbocycles. The molecule has 0 atom stereocenters. The lowest BCUT2D eigenvalue weighted by Crippen LogP contribution is -2.03. The molecule has 0 saturated carbocycles. The van der Waals surface area contributed by atoms with Gasteiger partial charge in [-0.3, -0.25) is 0 Å². The fourth-order valence-corrected chi connectivity index (χ4v) is 1.78. The van der Waals surface area contributed by atoms with E-state index in [-0.39, 0.29) is 0 Å². The Labute approximate surface area is 76.4 Å². The molecule has 0 radical (unpaired) electrons. The predicted octanol–water partition coefficient (Wildman–Crippen LogP) is 2.14. The van der Waals surface area contributed by atoms with Gasteiger partial charge in [-0.15, -0.1) is 0 Å². The zero-order chi connectivity index (χ0) is 8.23. The third-order valence-electron chi connectivity index (χ3n) is 1.67. The number of hydrazone groups is 1. The molecule has 1 aliphatic heterocycles. The van der Waals surface area contributed by atoms with E-state index in [9.17, 15) is 0 Å². The van der Waals surface area contributed by atoms with E-state index in [0.717, 1.165) is 12.3 Å². The van der Waals surface area contributed by atoms with Crippen molar-refractivity contribution in [1.29, 1.82) is 0 Å². The summed E-state index contributed by atoms with van der Waals surface area (Å²) in [7, 11) is 0. The van der Waals surface area contributed by atoms with E-state index in [0.29, 0.717) is 0 Å². The van der Waals surface area contributed by atoms with Crippen LogP contribution in [0.4, 0.5) is 0 Å². The molecule has 2 rings (SSSR count). The Morgan fingerprint density at radius 2 is 2.17 bits per heavy atom. The lowest BCUT2D eigenvalue weighted by atomic mass is 10.2. The first-order chi connectivity index (χ1) is 5.95. The molecule has 1 aromatic rings. The molecule has 0 saturated heterocycles. The molecule has 62 valence electrons. The Bertz CT molecular complexity index is 271. The lowest BCUT2D eigenvalue weighted by molar-refractivity contribution is 0.509. The van der Waals surface area contributed by atoms with Crippen molar-refractivity contribution in [2.75, 3.05) is 5.75 Å². The van der Waals surface area contributed by atoms with Crippen LogP contribution in [0.25, 0.3) is 0 Å². The van der Waals surface area contributed by atoms with Crippen molar-refractivity contribution >= 4 is 18.2 Å². The number of rotatable bonds is 2. The zero-order valence-corrected chi connectivity index (χ0v) is 7.50. The first kappa shape index (κ1) is 7.68. The molecule has 0 spiro atoms. The quantitative estimate of drug-likeness (QED) is 0.645. The van der Waals surface area contributed by atoms with Gasteiger partial charge in [0.05, 0.1) is 12.3 Å². The van der Waals surface area contributed by atoms with Crippen molar-refractivity contribution in [3.8, 4) is 0 Å². The first-order valence-electron chi connectivity index (χ1n) is 3.92. The Kier molecular flexibility index (Phi) is 2.32. The van der Waals surface area contributed by atoms with Crippen molar-refractivity contribution < 1.29 is 0 Å². The van der Waals surface area contributed by atoms with Gasteiger partial charge < -0.3 is 0 Å².